The number of anilines is 1. The summed E-state index contributed by atoms with van der Waals surface area (Å²) in [6.45, 7) is 1.57. The van der Waals surface area contributed by atoms with Crippen molar-refractivity contribution in [2.75, 3.05) is 18.0 Å². The van der Waals surface area contributed by atoms with Crippen LogP contribution < -0.4 is 16.4 Å². The van der Waals surface area contributed by atoms with E-state index in [0.717, 1.165) is 19.5 Å². The van der Waals surface area contributed by atoms with E-state index in [1.165, 1.54) is 0 Å². The molecule has 0 bridgehead atoms. The topological polar surface area (TPSA) is 85.2 Å². The molecule has 1 unspecified atom stereocenters. The zero-order valence-corrected chi connectivity index (χ0v) is 8.39. The summed E-state index contributed by atoms with van der Waals surface area (Å²) in [5.41, 5.74) is 11.5. The van der Waals surface area contributed by atoms with Crippen LogP contribution in [0.25, 0.3) is 0 Å². The molecule has 1 aromatic heterocycles. The van der Waals surface area contributed by atoms with Gasteiger partial charge >= 0.3 is 0 Å². The van der Waals surface area contributed by atoms with Gasteiger partial charge in [-0.25, -0.2) is 4.98 Å². The van der Waals surface area contributed by atoms with Crippen molar-refractivity contribution >= 4 is 11.7 Å². The van der Waals surface area contributed by atoms with E-state index in [9.17, 15) is 4.79 Å². The highest BCUT2D eigenvalue weighted by molar-refractivity contribution is 5.97. The molecule has 1 aliphatic heterocycles. The molecule has 5 nitrogen and oxygen atoms in total. The minimum Gasteiger partial charge on any atom is -0.365 e. The van der Waals surface area contributed by atoms with Gasteiger partial charge in [-0.15, -0.1) is 0 Å². The zero-order chi connectivity index (χ0) is 10.8. The Morgan fingerprint density at radius 1 is 1.60 bits per heavy atom. The fraction of sp³-hybridized carbons (Fsp3) is 0.400. The predicted octanol–water partition coefficient (Wildman–Crippen LogP) is -0.282. The smallest absolute Gasteiger partial charge is 0.252 e. The summed E-state index contributed by atoms with van der Waals surface area (Å²) in [6, 6.07) is 3.56. The number of carbonyl (C=O) groups is 1. The summed E-state index contributed by atoms with van der Waals surface area (Å²) in [5.74, 6) is 0.205. The van der Waals surface area contributed by atoms with Crippen LogP contribution in [0, 0.1) is 0 Å². The van der Waals surface area contributed by atoms with Crippen molar-refractivity contribution in [3.63, 3.8) is 0 Å². The fourth-order valence-electron chi connectivity index (χ4n) is 1.82. The second kappa shape index (κ2) is 3.86. The van der Waals surface area contributed by atoms with Crippen LogP contribution >= 0.6 is 0 Å². The summed E-state index contributed by atoms with van der Waals surface area (Å²) in [5, 5.41) is 0. The van der Waals surface area contributed by atoms with Crippen LogP contribution in [0.5, 0.6) is 0 Å². The van der Waals surface area contributed by atoms with Crippen molar-refractivity contribution in [2.24, 2.45) is 11.5 Å². The largest absolute Gasteiger partial charge is 0.365 e. The molecule has 0 radical (unpaired) electrons. The third-order valence-electron chi connectivity index (χ3n) is 2.58. The van der Waals surface area contributed by atoms with E-state index in [0.29, 0.717) is 11.4 Å². The van der Waals surface area contributed by atoms with Crippen LogP contribution in [-0.2, 0) is 0 Å². The first-order valence-corrected chi connectivity index (χ1v) is 4.94. The van der Waals surface area contributed by atoms with Crippen LogP contribution in [0.2, 0.25) is 0 Å². The highest BCUT2D eigenvalue weighted by Gasteiger charge is 2.23. The molecule has 4 N–H and O–H groups in total. The molecule has 1 amide bonds. The lowest BCUT2D eigenvalue weighted by Crippen LogP contribution is -2.29. The number of carbonyl (C=O) groups excluding carboxylic acids is 1. The molecule has 1 fully saturated rings. The maximum absolute atomic E-state index is 11.2. The van der Waals surface area contributed by atoms with Gasteiger partial charge < -0.3 is 16.4 Å². The number of hydrogen-bond acceptors (Lipinski definition) is 4. The molecule has 15 heavy (non-hydrogen) atoms. The summed E-state index contributed by atoms with van der Waals surface area (Å²) >= 11 is 0. The molecule has 0 aromatic carbocycles. The van der Waals surface area contributed by atoms with Gasteiger partial charge in [0.15, 0.2) is 0 Å². The summed E-state index contributed by atoms with van der Waals surface area (Å²) in [6.07, 6.45) is 2.58. The number of hydrogen-bond donors (Lipinski definition) is 2. The molecular formula is C10H14N4O. The van der Waals surface area contributed by atoms with Crippen molar-refractivity contribution in [3.05, 3.63) is 23.9 Å². The second-order valence-electron chi connectivity index (χ2n) is 3.73. The maximum Gasteiger partial charge on any atom is 0.252 e. The Morgan fingerprint density at radius 3 is 3.00 bits per heavy atom. The van der Waals surface area contributed by atoms with E-state index in [2.05, 4.69) is 4.98 Å². The molecular weight excluding hydrogens is 192 g/mol. The minimum atomic E-state index is -0.446. The average Bonchev–Trinajstić information content (AvgIpc) is 2.65. The number of primary amides is 1. The molecule has 0 saturated carbocycles. The lowest BCUT2D eigenvalue weighted by atomic mass is 10.2. The molecule has 1 saturated heterocycles. The highest BCUT2D eigenvalue weighted by atomic mass is 16.1. The van der Waals surface area contributed by atoms with Crippen LogP contribution in [0.15, 0.2) is 18.3 Å². The molecule has 1 aliphatic rings. The standard InChI is InChI=1S/C10H14N4O/c11-7-3-5-14(6-7)10-8(9(12)15)2-1-4-13-10/h1-2,4,7H,3,5-6,11H2,(H2,12,15). The quantitative estimate of drug-likeness (QED) is 0.696. The lowest BCUT2D eigenvalue weighted by Gasteiger charge is -2.18. The van der Waals surface area contributed by atoms with Crippen molar-refractivity contribution < 1.29 is 4.79 Å². The van der Waals surface area contributed by atoms with E-state index in [4.69, 9.17) is 11.5 Å². The maximum atomic E-state index is 11.2. The summed E-state index contributed by atoms with van der Waals surface area (Å²) < 4.78 is 0. The Kier molecular flexibility index (Phi) is 2.55. The van der Waals surface area contributed by atoms with Gasteiger partial charge in [-0.2, -0.15) is 0 Å². The summed E-state index contributed by atoms with van der Waals surface area (Å²) in [7, 11) is 0. The molecule has 5 heteroatoms. The first-order valence-electron chi connectivity index (χ1n) is 4.94. The van der Waals surface area contributed by atoms with Gasteiger partial charge in [0.2, 0.25) is 0 Å². The first-order chi connectivity index (χ1) is 7.18. The van der Waals surface area contributed by atoms with Crippen molar-refractivity contribution in [2.45, 2.75) is 12.5 Å². The second-order valence-corrected chi connectivity index (χ2v) is 3.73. The molecule has 1 aromatic rings. The van der Waals surface area contributed by atoms with Crippen LogP contribution in [0.3, 0.4) is 0 Å². The van der Waals surface area contributed by atoms with Gasteiger partial charge in [-0.3, -0.25) is 4.79 Å². The van der Waals surface area contributed by atoms with Crippen molar-refractivity contribution in [1.29, 1.82) is 0 Å². The van der Waals surface area contributed by atoms with Crippen molar-refractivity contribution in [3.8, 4) is 0 Å². The average molecular weight is 206 g/mol. The Balaban J connectivity index is 2.31. The number of nitrogens with two attached hydrogens (primary N) is 2. The Bertz CT molecular complexity index is 379. The highest BCUT2D eigenvalue weighted by Crippen LogP contribution is 2.20. The van der Waals surface area contributed by atoms with Crippen molar-refractivity contribution in [1.82, 2.24) is 4.98 Å². The molecule has 0 aliphatic carbocycles. The minimum absolute atomic E-state index is 0.160. The summed E-state index contributed by atoms with van der Waals surface area (Å²) in [4.78, 5) is 17.4. The van der Waals surface area contributed by atoms with Gasteiger partial charge in [0.05, 0.1) is 5.56 Å². The van der Waals surface area contributed by atoms with E-state index >= 15 is 0 Å². The number of pyridine rings is 1. The molecule has 2 heterocycles. The number of amides is 1. The molecule has 80 valence electrons. The third-order valence-corrected chi connectivity index (χ3v) is 2.58. The van der Waals surface area contributed by atoms with E-state index in [1.54, 1.807) is 18.3 Å². The lowest BCUT2D eigenvalue weighted by molar-refractivity contribution is 0.100. The third kappa shape index (κ3) is 1.92. The number of nitrogens with zero attached hydrogens (tertiary/aromatic N) is 2. The van der Waals surface area contributed by atoms with Gasteiger partial charge in [-0.1, -0.05) is 0 Å². The van der Waals surface area contributed by atoms with E-state index < -0.39 is 5.91 Å². The van der Waals surface area contributed by atoms with Gasteiger partial charge in [0.25, 0.3) is 5.91 Å². The van der Waals surface area contributed by atoms with Crippen LogP contribution in [-0.4, -0.2) is 30.0 Å². The van der Waals surface area contributed by atoms with Gasteiger partial charge in [0, 0.05) is 25.3 Å². The SMILES string of the molecule is NC(=O)c1cccnc1N1CCC(N)C1. The van der Waals surface area contributed by atoms with E-state index in [-0.39, 0.29) is 6.04 Å². The van der Waals surface area contributed by atoms with Crippen LogP contribution in [0.4, 0.5) is 5.82 Å². The van der Waals surface area contributed by atoms with E-state index in [1.807, 2.05) is 4.90 Å². The molecule has 1 atom stereocenters. The molecule has 0 spiro atoms. The monoisotopic (exact) mass is 206 g/mol. The normalized spacial score (nSPS) is 20.6. The molecule has 2 rings (SSSR count). The fourth-order valence-corrected chi connectivity index (χ4v) is 1.82. The first kappa shape index (κ1) is 9.92. The van der Waals surface area contributed by atoms with Gasteiger partial charge in [-0.05, 0) is 18.6 Å². The number of rotatable bonds is 2. The predicted molar refractivity (Wildman–Crippen MR) is 57.6 cm³/mol. The van der Waals surface area contributed by atoms with Crippen LogP contribution in [0.1, 0.15) is 16.8 Å². The Hall–Kier alpha value is -1.62. The number of aromatic nitrogens is 1. The zero-order valence-electron chi connectivity index (χ0n) is 8.39. The Labute approximate surface area is 88.1 Å². The Morgan fingerprint density at radius 2 is 2.40 bits per heavy atom. The van der Waals surface area contributed by atoms with Gasteiger partial charge in [0.1, 0.15) is 5.82 Å².